The Morgan fingerprint density at radius 3 is 2.65 bits per heavy atom. The largest absolute Gasteiger partial charge is 0.491 e. The van der Waals surface area contributed by atoms with Gasteiger partial charge in [-0.2, -0.15) is 0 Å². The molecular weight excluding hydrogens is 261 g/mol. The molecule has 0 bridgehead atoms. The fraction of sp³-hybridized carbons (Fsp3) is 0.600. The van der Waals surface area contributed by atoms with Crippen molar-refractivity contribution < 1.29 is 19.0 Å². The molecular formula is C15H24FNO3. The molecule has 0 amide bonds. The summed E-state index contributed by atoms with van der Waals surface area (Å²) in [6.45, 7) is 7.33. The van der Waals surface area contributed by atoms with Gasteiger partial charge in [0.05, 0.1) is 6.61 Å². The molecule has 0 radical (unpaired) electrons. The van der Waals surface area contributed by atoms with Crippen molar-refractivity contribution in [3.05, 3.63) is 29.6 Å². The lowest BCUT2D eigenvalue weighted by Crippen LogP contribution is -2.24. The van der Waals surface area contributed by atoms with E-state index in [9.17, 15) is 9.50 Å². The summed E-state index contributed by atoms with van der Waals surface area (Å²) in [5.74, 6) is 0.0726. The van der Waals surface area contributed by atoms with Crippen LogP contribution in [0.3, 0.4) is 0 Å². The predicted octanol–water partition coefficient (Wildman–Crippen LogP) is 2.10. The maximum Gasteiger partial charge on any atom is 0.127 e. The molecule has 0 heterocycles. The number of rotatable bonds is 9. The molecule has 1 aromatic carbocycles. The fourth-order valence-electron chi connectivity index (χ4n) is 1.62. The van der Waals surface area contributed by atoms with Gasteiger partial charge < -0.3 is 19.9 Å². The van der Waals surface area contributed by atoms with E-state index in [1.54, 1.807) is 6.07 Å². The summed E-state index contributed by atoms with van der Waals surface area (Å²) in [5.41, 5.74) is 0.813. The third kappa shape index (κ3) is 6.84. The van der Waals surface area contributed by atoms with E-state index in [1.807, 2.05) is 20.8 Å². The normalized spacial score (nSPS) is 12.7. The molecule has 0 saturated carbocycles. The van der Waals surface area contributed by atoms with Gasteiger partial charge in [0.15, 0.2) is 0 Å². The zero-order valence-electron chi connectivity index (χ0n) is 12.4. The first-order valence-electron chi connectivity index (χ1n) is 6.92. The van der Waals surface area contributed by atoms with Gasteiger partial charge in [0, 0.05) is 25.3 Å². The van der Waals surface area contributed by atoms with Crippen LogP contribution in [0.4, 0.5) is 4.39 Å². The highest BCUT2D eigenvalue weighted by Crippen LogP contribution is 2.17. The lowest BCUT2D eigenvalue weighted by molar-refractivity contribution is 0.0164. The second kappa shape index (κ2) is 8.89. The first-order chi connectivity index (χ1) is 9.51. The molecule has 0 spiro atoms. The number of aliphatic hydroxyl groups is 1. The lowest BCUT2D eigenvalue weighted by atomic mass is 10.2. The van der Waals surface area contributed by atoms with Crippen molar-refractivity contribution >= 4 is 0 Å². The summed E-state index contributed by atoms with van der Waals surface area (Å²) < 4.78 is 24.0. The van der Waals surface area contributed by atoms with Gasteiger partial charge in [-0.15, -0.1) is 0 Å². The molecule has 0 aliphatic heterocycles. The SMILES string of the molecule is CCOCC(O)COc1cc(F)cc(CNC(C)C)c1. The number of hydrogen-bond acceptors (Lipinski definition) is 4. The van der Waals surface area contributed by atoms with Gasteiger partial charge in [-0.25, -0.2) is 4.39 Å². The Balaban J connectivity index is 2.52. The van der Waals surface area contributed by atoms with E-state index in [2.05, 4.69) is 5.32 Å². The lowest BCUT2D eigenvalue weighted by Gasteiger charge is -2.14. The Kier molecular flexibility index (Phi) is 7.51. The smallest absolute Gasteiger partial charge is 0.127 e. The van der Waals surface area contributed by atoms with E-state index in [0.717, 1.165) is 5.56 Å². The highest BCUT2D eigenvalue weighted by molar-refractivity contribution is 5.29. The van der Waals surface area contributed by atoms with Crippen LogP contribution in [0.2, 0.25) is 0 Å². The van der Waals surface area contributed by atoms with Crippen molar-refractivity contribution in [2.45, 2.75) is 39.5 Å². The van der Waals surface area contributed by atoms with Crippen LogP contribution in [0.15, 0.2) is 18.2 Å². The minimum atomic E-state index is -0.713. The zero-order valence-corrected chi connectivity index (χ0v) is 12.4. The van der Waals surface area contributed by atoms with E-state index in [1.165, 1.54) is 12.1 Å². The molecule has 20 heavy (non-hydrogen) atoms. The van der Waals surface area contributed by atoms with Crippen LogP contribution < -0.4 is 10.1 Å². The highest BCUT2D eigenvalue weighted by Gasteiger charge is 2.07. The van der Waals surface area contributed by atoms with Crippen molar-refractivity contribution in [1.82, 2.24) is 5.32 Å². The van der Waals surface area contributed by atoms with E-state index < -0.39 is 6.10 Å². The number of hydrogen-bond donors (Lipinski definition) is 2. The fourth-order valence-corrected chi connectivity index (χ4v) is 1.62. The zero-order chi connectivity index (χ0) is 15.0. The average Bonchev–Trinajstić information content (AvgIpc) is 2.40. The maximum absolute atomic E-state index is 13.5. The van der Waals surface area contributed by atoms with Crippen molar-refractivity contribution in [2.24, 2.45) is 0 Å². The van der Waals surface area contributed by atoms with Crippen LogP contribution >= 0.6 is 0 Å². The van der Waals surface area contributed by atoms with Crippen molar-refractivity contribution in [3.8, 4) is 5.75 Å². The first-order valence-corrected chi connectivity index (χ1v) is 6.92. The second-order valence-electron chi connectivity index (χ2n) is 4.96. The van der Waals surface area contributed by atoms with Crippen molar-refractivity contribution in [2.75, 3.05) is 19.8 Å². The summed E-state index contributed by atoms with van der Waals surface area (Å²) in [6, 6.07) is 4.88. The van der Waals surface area contributed by atoms with Crippen LogP contribution in [-0.2, 0) is 11.3 Å². The highest BCUT2D eigenvalue weighted by atomic mass is 19.1. The molecule has 1 aromatic rings. The van der Waals surface area contributed by atoms with Crippen molar-refractivity contribution in [3.63, 3.8) is 0 Å². The van der Waals surface area contributed by atoms with Crippen LogP contribution in [0.1, 0.15) is 26.3 Å². The minimum absolute atomic E-state index is 0.0838. The summed E-state index contributed by atoms with van der Waals surface area (Å²) in [4.78, 5) is 0. The molecule has 2 N–H and O–H groups in total. The molecule has 0 saturated heterocycles. The molecule has 1 atom stereocenters. The molecule has 114 valence electrons. The monoisotopic (exact) mass is 285 g/mol. The van der Waals surface area contributed by atoms with Crippen LogP contribution in [-0.4, -0.2) is 37.1 Å². The number of halogens is 1. The van der Waals surface area contributed by atoms with Gasteiger partial charge in [-0.05, 0) is 24.6 Å². The average molecular weight is 285 g/mol. The van der Waals surface area contributed by atoms with Gasteiger partial charge in [0.2, 0.25) is 0 Å². The summed E-state index contributed by atoms with van der Waals surface area (Å²) in [5, 5.41) is 12.8. The summed E-state index contributed by atoms with van der Waals surface area (Å²) in [6.07, 6.45) is -0.713. The van der Waals surface area contributed by atoms with E-state index in [0.29, 0.717) is 24.9 Å². The van der Waals surface area contributed by atoms with Crippen LogP contribution in [0.25, 0.3) is 0 Å². The molecule has 1 rings (SSSR count). The third-order valence-corrected chi connectivity index (χ3v) is 2.60. The summed E-state index contributed by atoms with van der Waals surface area (Å²) in [7, 11) is 0. The first kappa shape index (κ1) is 16.9. The second-order valence-corrected chi connectivity index (χ2v) is 4.96. The van der Waals surface area contributed by atoms with Gasteiger partial charge >= 0.3 is 0 Å². The van der Waals surface area contributed by atoms with Crippen molar-refractivity contribution in [1.29, 1.82) is 0 Å². The van der Waals surface area contributed by atoms with E-state index >= 15 is 0 Å². The van der Waals surface area contributed by atoms with E-state index in [4.69, 9.17) is 9.47 Å². The Hall–Kier alpha value is -1.17. The van der Waals surface area contributed by atoms with Crippen LogP contribution in [0, 0.1) is 5.82 Å². The van der Waals surface area contributed by atoms with Crippen LogP contribution in [0.5, 0.6) is 5.75 Å². The molecule has 4 nitrogen and oxygen atoms in total. The quantitative estimate of drug-likeness (QED) is 0.729. The van der Waals surface area contributed by atoms with Gasteiger partial charge in [0.25, 0.3) is 0 Å². The molecule has 0 fully saturated rings. The van der Waals surface area contributed by atoms with Gasteiger partial charge in [-0.1, -0.05) is 13.8 Å². The van der Waals surface area contributed by atoms with Gasteiger partial charge in [-0.3, -0.25) is 0 Å². The van der Waals surface area contributed by atoms with E-state index in [-0.39, 0.29) is 19.0 Å². The van der Waals surface area contributed by atoms with Gasteiger partial charge in [0.1, 0.15) is 24.3 Å². The summed E-state index contributed by atoms with van der Waals surface area (Å²) >= 11 is 0. The number of aliphatic hydroxyl groups excluding tert-OH is 1. The topological polar surface area (TPSA) is 50.7 Å². The molecule has 0 aliphatic rings. The third-order valence-electron chi connectivity index (χ3n) is 2.60. The Bertz CT molecular complexity index is 399. The Morgan fingerprint density at radius 1 is 1.25 bits per heavy atom. The molecule has 1 unspecified atom stereocenters. The molecule has 0 aromatic heterocycles. The maximum atomic E-state index is 13.5. The Labute approximate surface area is 119 Å². The molecule has 0 aliphatic carbocycles. The minimum Gasteiger partial charge on any atom is -0.491 e. The molecule has 5 heteroatoms. The number of ether oxygens (including phenoxy) is 2. The number of nitrogens with one attached hydrogen (secondary N) is 1. The Morgan fingerprint density at radius 2 is 2.00 bits per heavy atom. The predicted molar refractivity (Wildman–Crippen MR) is 76.4 cm³/mol. The standard InChI is InChI=1S/C15H24FNO3/c1-4-19-9-14(18)10-20-15-6-12(5-13(16)7-15)8-17-11(2)3/h5-7,11,14,17-18H,4,8-10H2,1-3H3. The number of benzene rings is 1.